The van der Waals surface area contributed by atoms with Crippen LogP contribution in [0.4, 0.5) is 10.5 Å². The first-order valence-electron chi connectivity index (χ1n) is 7.93. The van der Waals surface area contributed by atoms with Gasteiger partial charge in [0.25, 0.3) is 0 Å². The zero-order valence-electron chi connectivity index (χ0n) is 13.0. The van der Waals surface area contributed by atoms with E-state index in [1.165, 1.54) is 0 Å². The minimum Gasteiger partial charge on any atom is -0.387 e. The number of nitrogens with one attached hydrogen (secondary N) is 1. The van der Waals surface area contributed by atoms with E-state index >= 15 is 0 Å². The first-order valence-corrected chi connectivity index (χ1v) is 8.31. The quantitative estimate of drug-likeness (QED) is 0.885. The Hall–Kier alpha value is -1.77. The van der Waals surface area contributed by atoms with Gasteiger partial charge in [0.15, 0.2) is 0 Å². The zero-order valence-corrected chi connectivity index (χ0v) is 13.8. The van der Waals surface area contributed by atoms with Gasteiger partial charge in [0.05, 0.1) is 18.6 Å². The maximum Gasteiger partial charge on any atom is 0.322 e. The largest absolute Gasteiger partial charge is 0.387 e. The van der Waals surface area contributed by atoms with Gasteiger partial charge in [-0.05, 0) is 43.4 Å². The molecule has 0 radical (unpaired) electrons. The summed E-state index contributed by atoms with van der Waals surface area (Å²) in [6.07, 6.45) is 2.25. The molecule has 2 amide bonds. The maximum absolute atomic E-state index is 12.5. The molecule has 2 heterocycles. The van der Waals surface area contributed by atoms with Crippen molar-refractivity contribution in [3.8, 4) is 6.07 Å². The van der Waals surface area contributed by atoms with Crippen LogP contribution in [-0.4, -0.2) is 28.1 Å². The highest BCUT2D eigenvalue weighted by Crippen LogP contribution is 2.41. The first kappa shape index (κ1) is 16.1. The van der Waals surface area contributed by atoms with Gasteiger partial charge in [0.1, 0.15) is 0 Å². The van der Waals surface area contributed by atoms with Gasteiger partial charge in [-0.15, -0.1) is 0 Å². The lowest BCUT2D eigenvalue weighted by Crippen LogP contribution is -2.63. The van der Waals surface area contributed by atoms with E-state index in [9.17, 15) is 9.90 Å². The molecule has 1 aliphatic carbocycles. The summed E-state index contributed by atoms with van der Waals surface area (Å²) in [4.78, 5) is 14.4. The molecular formula is C17H20ClN3O2. The van der Waals surface area contributed by atoms with Crippen LogP contribution in [0.25, 0.3) is 0 Å². The first-order chi connectivity index (χ1) is 11.0. The molecule has 0 spiro atoms. The van der Waals surface area contributed by atoms with Crippen molar-refractivity contribution in [3.63, 3.8) is 0 Å². The second kappa shape index (κ2) is 6.38. The SMILES string of the molecule is CC1CC2CC(C1)N2C(=O)Nc1ccc(Cl)c([C@H](O)CC#N)c1. The number of hydrogen-bond acceptors (Lipinski definition) is 3. The van der Waals surface area contributed by atoms with Gasteiger partial charge in [-0.2, -0.15) is 5.26 Å². The van der Waals surface area contributed by atoms with Crippen molar-refractivity contribution in [2.24, 2.45) is 5.92 Å². The van der Waals surface area contributed by atoms with Gasteiger partial charge < -0.3 is 15.3 Å². The molecule has 3 fully saturated rings. The van der Waals surface area contributed by atoms with E-state index in [4.69, 9.17) is 16.9 Å². The number of benzene rings is 1. The van der Waals surface area contributed by atoms with E-state index in [0.717, 1.165) is 19.3 Å². The number of aliphatic hydroxyl groups is 1. The highest BCUT2D eigenvalue weighted by atomic mass is 35.5. The van der Waals surface area contributed by atoms with Crippen LogP contribution in [0, 0.1) is 17.2 Å². The Balaban J connectivity index is 1.70. The standard InChI is InChI=1S/C17H20ClN3O2/c1-10-6-12-9-13(7-10)21(12)17(23)20-11-2-3-15(18)14(8-11)16(22)4-5-19/h2-3,8,10,12-13,16,22H,4,6-7,9H2,1H3,(H,20,23)/t10?,12?,13?,16-/m1/s1. The van der Waals surface area contributed by atoms with Crippen LogP contribution in [0.1, 0.15) is 44.3 Å². The Morgan fingerprint density at radius 1 is 1.48 bits per heavy atom. The smallest absolute Gasteiger partial charge is 0.322 e. The molecule has 1 aromatic rings. The van der Waals surface area contributed by atoms with Crippen molar-refractivity contribution in [1.29, 1.82) is 5.26 Å². The lowest BCUT2D eigenvalue weighted by Gasteiger charge is -2.54. The molecule has 2 N–H and O–H groups in total. The van der Waals surface area contributed by atoms with Crippen LogP contribution >= 0.6 is 11.6 Å². The van der Waals surface area contributed by atoms with Crippen molar-refractivity contribution in [2.75, 3.05) is 5.32 Å². The van der Waals surface area contributed by atoms with Crippen LogP contribution in [-0.2, 0) is 0 Å². The third-order valence-electron chi connectivity index (χ3n) is 4.81. The number of carbonyl (C=O) groups is 1. The predicted molar refractivity (Wildman–Crippen MR) is 88.1 cm³/mol. The van der Waals surface area contributed by atoms with Crippen molar-refractivity contribution in [2.45, 2.75) is 50.8 Å². The maximum atomic E-state index is 12.5. The molecule has 2 unspecified atom stereocenters. The van der Waals surface area contributed by atoms with Gasteiger partial charge in [-0.3, -0.25) is 0 Å². The molecule has 2 bridgehead atoms. The highest BCUT2D eigenvalue weighted by Gasteiger charge is 2.46. The van der Waals surface area contributed by atoms with Crippen LogP contribution in [0.5, 0.6) is 0 Å². The fourth-order valence-corrected chi connectivity index (χ4v) is 3.98. The molecule has 1 saturated carbocycles. The molecule has 3 atom stereocenters. The number of piperidine rings is 1. The van der Waals surface area contributed by atoms with Crippen LogP contribution in [0.3, 0.4) is 0 Å². The molecular weight excluding hydrogens is 314 g/mol. The van der Waals surface area contributed by atoms with Gasteiger partial charge in [0.2, 0.25) is 0 Å². The molecule has 4 rings (SSSR count). The van der Waals surface area contributed by atoms with Crippen molar-refractivity contribution < 1.29 is 9.90 Å². The number of aliphatic hydroxyl groups excluding tert-OH is 1. The summed E-state index contributed by atoms with van der Waals surface area (Å²) in [6, 6.07) is 7.49. The molecule has 1 aromatic carbocycles. The van der Waals surface area contributed by atoms with Gasteiger partial charge in [-0.25, -0.2) is 4.79 Å². The zero-order chi connectivity index (χ0) is 16.6. The predicted octanol–water partition coefficient (Wildman–Crippen LogP) is 3.69. The Kier molecular flexibility index (Phi) is 4.47. The monoisotopic (exact) mass is 333 g/mol. The number of nitrogens with zero attached hydrogens (tertiary/aromatic N) is 2. The summed E-state index contributed by atoms with van der Waals surface area (Å²) in [7, 11) is 0. The number of hydrogen-bond donors (Lipinski definition) is 2. The summed E-state index contributed by atoms with van der Waals surface area (Å²) in [5.74, 6) is 0.686. The average Bonchev–Trinajstić information content (AvgIpc) is 2.48. The van der Waals surface area contributed by atoms with Gasteiger partial charge in [-0.1, -0.05) is 18.5 Å². The molecule has 23 heavy (non-hydrogen) atoms. The topological polar surface area (TPSA) is 76.4 Å². The number of carbonyl (C=O) groups excluding carboxylic acids is 1. The van der Waals surface area contributed by atoms with Gasteiger partial charge >= 0.3 is 6.03 Å². The summed E-state index contributed by atoms with van der Waals surface area (Å²) in [5.41, 5.74) is 1.05. The Bertz CT molecular complexity index is 646. The minimum atomic E-state index is -0.950. The number of anilines is 1. The fraction of sp³-hybridized carbons (Fsp3) is 0.529. The Morgan fingerprint density at radius 2 is 2.17 bits per heavy atom. The van der Waals surface area contributed by atoms with Crippen molar-refractivity contribution in [3.05, 3.63) is 28.8 Å². The van der Waals surface area contributed by atoms with Crippen LogP contribution in [0.2, 0.25) is 5.02 Å². The molecule has 6 heteroatoms. The number of fused-ring (bicyclic) bond motifs is 2. The normalized spacial score (nSPS) is 26.9. The van der Waals surface area contributed by atoms with Crippen molar-refractivity contribution in [1.82, 2.24) is 4.90 Å². The molecule has 0 aromatic heterocycles. The molecule has 2 saturated heterocycles. The Morgan fingerprint density at radius 3 is 2.83 bits per heavy atom. The third kappa shape index (κ3) is 3.15. The van der Waals surface area contributed by atoms with E-state index in [0.29, 0.717) is 34.3 Å². The van der Waals surface area contributed by atoms with Gasteiger partial charge in [0, 0.05) is 28.4 Å². The number of amides is 2. The van der Waals surface area contributed by atoms with E-state index in [1.54, 1.807) is 18.2 Å². The van der Waals surface area contributed by atoms with Crippen molar-refractivity contribution >= 4 is 23.3 Å². The van der Waals surface area contributed by atoms with Crippen LogP contribution in [0.15, 0.2) is 18.2 Å². The second-order valence-electron chi connectivity index (χ2n) is 6.57. The van der Waals surface area contributed by atoms with E-state index in [-0.39, 0.29) is 12.5 Å². The molecule has 2 aliphatic heterocycles. The average molecular weight is 334 g/mol. The number of halogens is 1. The molecule has 122 valence electrons. The van der Waals surface area contributed by atoms with E-state index < -0.39 is 6.10 Å². The highest BCUT2D eigenvalue weighted by molar-refractivity contribution is 6.31. The summed E-state index contributed by atoms with van der Waals surface area (Å²) >= 11 is 6.07. The third-order valence-corrected chi connectivity index (χ3v) is 5.15. The minimum absolute atomic E-state index is 0.0364. The Labute approximate surface area is 140 Å². The lowest BCUT2D eigenvalue weighted by atomic mass is 9.74. The van der Waals surface area contributed by atoms with E-state index in [1.807, 2.05) is 11.0 Å². The summed E-state index contributed by atoms with van der Waals surface area (Å²) in [5, 5.41) is 21.9. The number of urea groups is 1. The second-order valence-corrected chi connectivity index (χ2v) is 6.98. The summed E-state index contributed by atoms with van der Waals surface area (Å²) < 4.78 is 0. The van der Waals surface area contributed by atoms with Crippen LogP contribution < -0.4 is 5.32 Å². The molecule has 5 nitrogen and oxygen atoms in total. The number of rotatable bonds is 3. The fourth-order valence-electron chi connectivity index (χ4n) is 3.74. The summed E-state index contributed by atoms with van der Waals surface area (Å²) in [6.45, 7) is 2.23. The molecule has 3 aliphatic rings. The number of nitriles is 1. The lowest BCUT2D eigenvalue weighted by molar-refractivity contribution is -0.00601. The van der Waals surface area contributed by atoms with E-state index in [2.05, 4.69) is 12.2 Å².